The molecule has 0 saturated carbocycles. The van der Waals surface area contributed by atoms with Crippen molar-refractivity contribution in [3.05, 3.63) is 30.1 Å². The summed E-state index contributed by atoms with van der Waals surface area (Å²) in [5.41, 5.74) is 0.395. The average molecular weight is 363 g/mol. The summed E-state index contributed by atoms with van der Waals surface area (Å²) in [5, 5.41) is 2.79. The summed E-state index contributed by atoms with van der Waals surface area (Å²) in [6, 6.07) is 6.41. The fourth-order valence-electron chi connectivity index (χ4n) is 4.29. The normalized spacial score (nSPS) is 22.6. The maximum atomic E-state index is 13.3. The van der Waals surface area contributed by atoms with Gasteiger partial charge in [0.15, 0.2) is 0 Å². The third-order valence-corrected chi connectivity index (χ3v) is 5.83. The van der Waals surface area contributed by atoms with E-state index in [0.717, 1.165) is 45.4 Å². The van der Waals surface area contributed by atoms with Gasteiger partial charge in [-0.05, 0) is 57.0 Å². The molecule has 6 heteroatoms. The summed E-state index contributed by atoms with van der Waals surface area (Å²) >= 11 is 0. The molecule has 1 spiro atoms. The Balaban J connectivity index is 1.55. The molecule has 2 heterocycles. The van der Waals surface area contributed by atoms with Gasteiger partial charge in [0.05, 0.1) is 5.60 Å². The first-order valence-corrected chi connectivity index (χ1v) is 9.75. The molecule has 144 valence electrons. The molecule has 3 rings (SSSR count). The van der Waals surface area contributed by atoms with E-state index in [1.54, 1.807) is 17.0 Å². The van der Waals surface area contributed by atoms with Gasteiger partial charge in [0.1, 0.15) is 5.82 Å². The first-order valence-electron chi connectivity index (χ1n) is 9.75. The Morgan fingerprint density at radius 1 is 1.35 bits per heavy atom. The zero-order chi connectivity index (χ0) is 18.6. The van der Waals surface area contributed by atoms with Crippen molar-refractivity contribution < 1.29 is 13.9 Å². The summed E-state index contributed by atoms with van der Waals surface area (Å²) in [7, 11) is 0. The number of piperidine rings is 1. The standard InChI is InChI=1S/C20H30FN3O2/c1-3-23(4-2)18-8-13-26-20(15-18)9-11-24(12-10-20)19(25)22-17-7-5-6-16(21)14-17/h5-7,14,18H,3-4,8-13,15H2,1-2H3,(H,22,25). The number of carbonyl (C=O) groups is 1. The summed E-state index contributed by atoms with van der Waals surface area (Å²) in [6.45, 7) is 8.71. The molecule has 0 aromatic heterocycles. The summed E-state index contributed by atoms with van der Waals surface area (Å²) in [5.74, 6) is -0.349. The van der Waals surface area contributed by atoms with Gasteiger partial charge in [0, 0.05) is 31.4 Å². The van der Waals surface area contributed by atoms with Gasteiger partial charge in [-0.25, -0.2) is 9.18 Å². The highest BCUT2D eigenvalue weighted by Gasteiger charge is 2.42. The molecule has 1 atom stereocenters. The highest BCUT2D eigenvalue weighted by atomic mass is 19.1. The first kappa shape index (κ1) is 19.1. The fraction of sp³-hybridized carbons (Fsp3) is 0.650. The number of halogens is 1. The minimum atomic E-state index is -0.349. The van der Waals surface area contributed by atoms with Gasteiger partial charge < -0.3 is 19.9 Å². The first-order chi connectivity index (χ1) is 12.5. The van der Waals surface area contributed by atoms with Crippen LogP contribution in [0.1, 0.15) is 39.5 Å². The van der Waals surface area contributed by atoms with Crippen molar-refractivity contribution in [1.29, 1.82) is 0 Å². The van der Waals surface area contributed by atoms with E-state index in [9.17, 15) is 9.18 Å². The lowest BCUT2D eigenvalue weighted by Gasteiger charge is -2.48. The molecule has 5 nitrogen and oxygen atoms in total. The Hall–Kier alpha value is -1.66. The van der Waals surface area contributed by atoms with Crippen molar-refractivity contribution in [3.63, 3.8) is 0 Å². The van der Waals surface area contributed by atoms with Gasteiger partial charge in [-0.3, -0.25) is 0 Å². The van der Waals surface area contributed by atoms with Gasteiger partial charge in [0.25, 0.3) is 0 Å². The van der Waals surface area contributed by atoms with Crippen molar-refractivity contribution in [2.45, 2.75) is 51.2 Å². The third kappa shape index (κ3) is 4.35. The summed E-state index contributed by atoms with van der Waals surface area (Å²) < 4.78 is 19.5. The van der Waals surface area contributed by atoms with Crippen LogP contribution in [0.25, 0.3) is 0 Å². The zero-order valence-electron chi connectivity index (χ0n) is 15.8. The molecule has 0 aliphatic carbocycles. The average Bonchev–Trinajstić information content (AvgIpc) is 2.63. The highest BCUT2D eigenvalue weighted by molar-refractivity contribution is 5.89. The van der Waals surface area contributed by atoms with Gasteiger partial charge in [0.2, 0.25) is 0 Å². The van der Waals surface area contributed by atoms with Gasteiger partial charge in [-0.1, -0.05) is 19.9 Å². The van der Waals surface area contributed by atoms with E-state index < -0.39 is 0 Å². The number of benzene rings is 1. The van der Waals surface area contributed by atoms with Crippen molar-refractivity contribution in [2.24, 2.45) is 0 Å². The van der Waals surface area contributed by atoms with Crippen LogP contribution in [-0.2, 0) is 4.74 Å². The molecule has 0 radical (unpaired) electrons. The Bertz CT molecular complexity index is 613. The molecule has 2 amide bonds. The lowest BCUT2D eigenvalue weighted by molar-refractivity contribution is -0.128. The molecule has 2 aliphatic heterocycles. The molecule has 2 fully saturated rings. The van der Waals surface area contributed by atoms with Crippen molar-refractivity contribution in [1.82, 2.24) is 9.80 Å². The topological polar surface area (TPSA) is 44.8 Å². The lowest BCUT2D eigenvalue weighted by atomic mass is 9.82. The van der Waals surface area contributed by atoms with E-state index in [-0.39, 0.29) is 17.4 Å². The Labute approximate surface area is 155 Å². The molecular weight excluding hydrogens is 333 g/mol. The monoisotopic (exact) mass is 363 g/mol. The van der Waals surface area contributed by atoms with Crippen LogP contribution in [0.3, 0.4) is 0 Å². The second-order valence-corrected chi connectivity index (χ2v) is 7.33. The van der Waals surface area contributed by atoms with Crippen LogP contribution < -0.4 is 5.32 Å². The number of urea groups is 1. The zero-order valence-corrected chi connectivity index (χ0v) is 15.8. The number of anilines is 1. The number of carbonyl (C=O) groups excluding carboxylic acids is 1. The Kier molecular flexibility index (Phi) is 6.14. The molecular formula is C20H30FN3O2. The Morgan fingerprint density at radius 2 is 2.08 bits per heavy atom. The second-order valence-electron chi connectivity index (χ2n) is 7.33. The van der Waals surface area contributed by atoms with E-state index in [0.29, 0.717) is 24.8 Å². The largest absolute Gasteiger partial charge is 0.375 e. The number of amides is 2. The maximum Gasteiger partial charge on any atom is 0.321 e. The van der Waals surface area contributed by atoms with Crippen LogP contribution in [0.4, 0.5) is 14.9 Å². The molecule has 2 aliphatic rings. The Morgan fingerprint density at radius 3 is 2.73 bits per heavy atom. The number of hydrogen-bond donors (Lipinski definition) is 1. The van der Waals surface area contributed by atoms with Gasteiger partial charge >= 0.3 is 6.03 Å². The number of ether oxygens (including phenoxy) is 1. The van der Waals surface area contributed by atoms with Crippen LogP contribution in [-0.4, -0.2) is 60.3 Å². The van der Waals surface area contributed by atoms with E-state index in [1.165, 1.54) is 12.1 Å². The van der Waals surface area contributed by atoms with Crippen LogP contribution in [0, 0.1) is 5.82 Å². The maximum absolute atomic E-state index is 13.3. The molecule has 2 saturated heterocycles. The molecule has 26 heavy (non-hydrogen) atoms. The predicted molar refractivity (Wildman–Crippen MR) is 101 cm³/mol. The van der Waals surface area contributed by atoms with Crippen LogP contribution >= 0.6 is 0 Å². The van der Waals surface area contributed by atoms with E-state index in [1.807, 2.05) is 0 Å². The lowest BCUT2D eigenvalue weighted by Crippen LogP contribution is -2.55. The van der Waals surface area contributed by atoms with Crippen molar-refractivity contribution in [2.75, 3.05) is 38.1 Å². The molecule has 1 unspecified atom stereocenters. The van der Waals surface area contributed by atoms with E-state index in [4.69, 9.17) is 4.74 Å². The van der Waals surface area contributed by atoms with Crippen LogP contribution in [0.15, 0.2) is 24.3 Å². The number of rotatable bonds is 4. The summed E-state index contributed by atoms with van der Waals surface area (Å²) in [4.78, 5) is 16.8. The second kappa shape index (κ2) is 8.35. The smallest absolute Gasteiger partial charge is 0.321 e. The van der Waals surface area contributed by atoms with E-state index in [2.05, 4.69) is 24.1 Å². The number of hydrogen-bond acceptors (Lipinski definition) is 3. The van der Waals surface area contributed by atoms with Crippen molar-refractivity contribution in [3.8, 4) is 0 Å². The quantitative estimate of drug-likeness (QED) is 0.887. The van der Waals surface area contributed by atoms with Crippen molar-refractivity contribution >= 4 is 11.7 Å². The predicted octanol–water partition coefficient (Wildman–Crippen LogP) is 3.71. The summed E-state index contributed by atoms with van der Waals surface area (Å²) in [6.07, 6.45) is 3.86. The van der Waals surface area contributed by atoms with Gasteiger partial charge in [-0.15, -0.1) is 0 Å². The van der Waals surface area contributed by atoms with Crippen LogP contribution in [0.5, 0.6) is 0 Å². The molecule has 1 N–H and O–H groups in total. The molecule has 1 aromatic carbocycles. The number of likely N-dealkylation sites (tertiary alicyclic amines) is 1. The number of nitrogens with zero attached hydrogens (tertiary/aromatic N) is 2. The molecule has 1 aromatic rings. The fourth-order valence-corrected chi connectivity index (χ4v) is 4.29. The highest BCUT2D eigenvalue weighted by Crippen LogP contribution is 2.36. The van der Waals surface area contributed by atoms with Crippen LogP contribution in [0.2, 0.25) is 0 Å². The third-order valence-electron chi connectivity index (χ3n) is 5.83. The van der Waals surface area contributed by atoms with E-state index >= 15 is 0 Å². The minimum Gasteiger partial charge on any atom is -0.375 e. The van der Waals surface area contributed by atoms with Gasteiger partial charge in [-0.2, -0.15) is 0 Å². The number of nitrogens with one attached hydrogen (secondary N) is 1. The minimum absolute atomic E-state index is 0.0961. The molecule has 0 bridgehead atoms. The SMILES string of the molecule is CCN(CC)C1CCOC2(CCN(C(=O)Nc3cccc(F)c3)CC2)C1.